The fourth-order valence-corrected chi connectivity index (χ4v) is 1.70. The van der Waals surface area contributed by atoms with Gasteiger partial charge in [0, 0.05) is 6.04 Å². The second kappa shape index (κ2) is 6.38. The molecule has 2 atom stereocenters. The largest absolute Gasteiger partial charge is 0.466 e. The summed E-state index contributed by atoms with van der Waals surface area (Å²) in [4.78, 5) is 11.3. The number of esters is 1. The van der Waals surface area contributed by atoms with E-state index >= 15 is 0 Å². The minimum Gasteiger partial charge on any atom is -0.466 e. The van der Waals surface area contributed by atoms with Crippen molar-refractivity contribution in [2.75, 3.05) is 6.61 Å². The molecule has 0 heterocycles. The SMILES string of the molecule is Br.CCOC(=O)[C@H]1CCCC[C@H]1N. The van der Waals surface area contributed by atoms with Gasteiger partial charge in [-0.25, -0.2) is 0 Å². The second-order valence-electron chi connectivity index (χ2n) is 3.31. The highest BCUT2D eigenvalue weighted by Crippen LogP contribution is 2.23. The van der Waals surface area contributed by atoms with Gasteiger partial charge in [0.2, 0.25) is 0 Å². The van der Waals surface area contributed by atoms with Crippen LogP contribution in [0.4, 0.5) is 0 Å². The summed E-state index contributed by atoms with van der Waals surface area (Å²) in [6, 6.07) is 0.0257. The van der Waals surface area contributed by atoms with Crippen molar-refractivity contribution in [3.63, 3.8) is 0 Å². The van der Waals surface area contributed by atoms with Gasteiger partial charge in [0.05, 0.1) is 12.5 Å². The molecule has 2 N–H and O–H groups in total. The van der Waals surface area contributed by atoms with E-state index in [1.165, 1.54) is 0 Å². The summed E-state index contributed by atoms with van der Waals surface area (Å²) in [5, 5.41) is 0. The molecular weight excluding hydrogens is 234 g/mol. The smallest absolute Gasteiger partial charge is 0.310 e. The van der Waals surface area contributed by atoms with Crippen LogP contribution in [0.1, 0.15) is 32.6 Å². The Morgan fingerprint density at radius 3 is 2.62 bits per heavy atom. The first-order valence-electron chi connectivity index (χ1n) is 4.68. The number of carbonyl (C=O) groups is 1. The fourth-order valence-electron chi connectivity index (χ4n) is 1.70. The highest BCUT2D eigenvalue weighted by molar-refractivity contribution is 8.93. The van der Waals surface area contributed by atoms with Gasteiger partial charge in [-0.05, 0) is 19.8 Å². The van der Waals surface area contributed by atoms with Crippen LogP contribution in [0.2, 0.25) is 0 Å². The normalized spacial score (nSPS) is 27.5. The van der Waals surface area contributed by atoms with E-state index in [1.807, 2.05) is 6.92 Å². The topological polar surface area (TPSA) is 52.3 Å². The molecule has 1 aliphatic rings. The van der Waals surface area contributed by atoms with Gasteiger partial charge < -0.3 is 10.5 Å². The van der Waals surface area contributed by atoms with E-state index in [2.05, 4.69) is 0 Å². The lowest BCUT2D eigenvalue weighted by Gasteiger charge is -2.26. The van der Waals surface area contributed by atoms with Gasteiger partial charge in [0.25, 0.3) is 0 Å². The zero-order valence-electron chi connectivity index (χ0n) is 7.99. The first-order chi connectivity index (χ1) is 5.75. The summed E-state index contributed by atoms with van der Waals surface area (Å²) in [5.41, 5.74) is 5.81. The van der Waals surface area contributed by atoms with Gasteiger partial charge in [-0.1, -0.05) is 12.8 Å². The third-order valence-corrected chi connectivity index (χ3v) is 2.41. The Balaban J connectivity index is 0.00000144. The fraction of sp³-hybridized carbons (Fsp3) is 0.889. The van der Waals surface area contributed by atoms with Crippen LogP contribution in [-0.4, -0.2) is 18.6 Å². The van der Waals surface area contributed by atoms with Gasteiger partial charge >= 0.3 is 5.97 Å². The molecule has 0 aromatic carbocycles. The summed E-state index contributed by atoms with van der Waals surface area (Å²) in [7, 11) is 0. The number of rotatable bonds is 2. The number of hydrogen-bond donors (Lipinski definition) is 1. The maximum absolute atomic E-state index is 11.3. The Labute approximate surface area is 89.8 Å². The Bertz CT molecular complexity index is 164. The zero-order chi connectivity index (χ0) is 8.97. The van der Waals surface area contributed by atoms with Crippen LogP contribution in [-0.2, 0) is 9.53 Å². The minimum atomic E-state index is -0.107. The van der Waals surface area contributed by atoms with Crippen LogP contribution in [0, 0.1) is 5.92 Å². The Kier molecular flexibility index (Phi) is 6.33. The van der Waals surface area contributed by atoms with Gasteiger partial charge in [0.15, 0.2) is 0 Å². The van der Waals surface area contributed by atoms with Crippen molar-refractivity contribution in [2.24, 2.45) is 11.7 Å². The molecular formula is C9H18BrNO2. The predicted octanol–water partition coefficient (Wildman–Crippen LogP) is 1.64. The number of ether oxygens (including phenoxy) is 1. The van der Waals surface area contributed by atoms with Crippen molar-refractivity contribution in [2.45, 2.75) is 38.6 Å². The molecule has 3 nitrogen and oxygen atoms in total. The summed E-state index contributed by atoms with van der Waals surface area (Å²) < 4.78 is 4.93. The van der Waals surface area contributed by atoms with Crippen LogP contribution >= 0.6 is 17.0 Å². The predicted molar refractivity (Wildman–Crippen MR) is 56.9 cm³/mol. The molecule has 78 valence electrons. The van der Waals surface area contributed by atoms with Crippen molar-refractivity contribution < 1.29 is 9.53 Å². The van der Waals surface area contributed by atoms with Crippen LogP contribution < -0.4 is 5.73 Å². The zero-order valence-corrected chi connectivity index (χ0v) is 9.71. The molecule has 4 heteroatoms. The van der Waals surface area contributed by atoms with E-state index in [4.69, 9.17) is 10.5 Å². The maximum Gasteiger partial charge on any atom is 0.310 e. The Hall–Kier alpha value is -0.0900. The van der Waals surface area contributed by atoms with E-state index in [-0.39, 0.29) is 34.9 Å². The first kappa shape index (κ1) is 12.9. The van der Waals surface area contributed by atoms with E-state index in [9.17, 15) is 4.79 Å². The van der Waals surface area contributed by atoms with Crippen LogP contribution in [0.5, 0.6) is 0 Å². The third-order valence-electron chi connectivity index (χ3n) is 2.41. The van der Waals surface area contributed by atoms with Crippen molar-refractivity contribution in [3.8, 4) is 0 Å². The lowest BCUT2D eigenvalue weighted by atomic mass is 9.85. The van der Waals surface area contributed by atoms with E-state index < -0.39 is 0 Å². The summed E-state index contributed by atoms with van der Waals surface area (Å²) in [6.45, 7) is 2.29. The molecule has 0 radical (unpaired) electrons. The molecule has 0 bridgehead atoms. The van der Waals surface area contributed by atoms with E-state index in [0.717, 1.165) is 25.7 Å². The molecule has 1 saturated carbocycles. The quantitative estimate of drug-likeness (QED) is 0.760. The molecule has 1 rings (SSSR count). The van der Waals surface area contributed by atoms with Crippen molar-refractivity contribution >= 4 is 23.0 Å². The molecule has 0 spiro atoms. The summed E-state index contributed by atoms with van der Waals surface area (Å²) in [5.74, 6) is -0.150. The lowest BCUT2D eigenvalue weighted by molar-refractivity contribution is -0.149. The van der Waals surface area contributed by atoms with E-state index in [0.29, 0.717) is 6.61 Å². The molecule has 13 heavy (non-hydrogen) atoms. The number of carbonyl (C=O) groups excluding carboxylic acids is 1. The molecule has 1 fully saturated rings. The average Bonchev–Trinajstić information content (AvgIpc) is 2.05. The third kappa shape index (κ3) is 3.65. The second-order valence-corrected chi connectivity index (χ2v) is 3.31. The van der Waals surface area contributed by atoms with Gasteiger partial charge in [-0.2, -0.15) is 0 Å². The van der Waals surface area contributed by atoms with Crippen molar-refractivity contribution in [3.05, 3.63) is 0 Å². The van der Waals surface area contributed by atoms with Gasteiger partial charge in [-0.3, -0.25) is 4.79 Å². The van der Waals surface area contributed by atoms with Crippen LogP contribution in [0.3, 0.4) is 0 Å². The highest BCUT2D eigenvalue weighted by atomic mass is 79.9. The van der Waals surface area contributed by atoms with Gasteiger partial charge in [-0.15, -0.1) is 17.0 Å². The molecule has 0 aromatic heterocycles. The molecule has 0 saturated heterocycles. The summed E-state index contributed by atoms with van der Waals surface area (Å²) in [6.07, 6.45) is 4.12. The first-order valence-corrected chi connectivity index (χ1v) is 4.68. The molecule has 1 aliphatic carbocycles. The summed E-state index contributed by atoms with van der Waals surface area (Å²) >= 11 is 0. The molecule has 0 aromatic rings. The minimum absolute atomic E-state index is 0. The number of hydrogen-bond acceptors (Lipinski definition) is 3. The number of nitrogens with two attached hydrogens (primary N) is 1. The molecule has 0 unspecified atom stereocenters. The van der Waals surface area contributed by atoms with Crippen LogP contribution in [0.25, 0.3) is 0 Å². The molecule has 0 amide bonds. The van der Waals surface area contributed by atoms with Gasteiger partial charge in [0.1, 0.15) is 0 Å². The van der Waals surface area contributed by atoms with Crippen molar-refractivity contribution in [1.82, 2.24) is 0 Å². The Morgan fingerprint density at radius 2 is 2.08 bits per heavy atom. The monoisotopic (exact) mass is 251 g/mol. The lowest BCUT2D eigenvalue weighted by Crippen LogP contribution is -2.38. The standard InChI is InChI=1S/C9H17NO2.BrH/c1-2-12-9(11)7-5-3-4-6-8(7)10;/h7-8H,2-6,10H2,1H3;1H/t7-,8+;/m0./s1. The Morgan fingerprint density at radius 1 is 1.46 bits per heavy atom. The average molecular weight is 252 g/mol. The molecule has 0 aliphatic heterocycles. The maximum atomic E-state index is 11.3. The van der Waals surface area contributed by atoms with E-state index in [1.54, 1.807) is 0 Å². The highest BCUT2D eigenvalue weighted by Gasteiger charge is 2.28. The number of halogens is 1. The van der Waals surface area contributed by atoms with Crippen molar-refractivity contribution in [1.29, 1.82) is 0 Å². The van der Waals surface area contributed by atoms with Crippen LogP contribution in [0.15, 0.2) is 0 Å².